The number of non-ortho nitro benzene ring substituents is 1. The van der Waals surface area contributed by atoms with Crippen LogP contribution in [0.2, 0.25) is 5.02 Å². The second-order valence-electron chi connectivity index (χ2n) is 6.06. The highest BCUT2D eigenvalue weighted by atomic mass is 35.5. The second kappa shape index (κ2) is 7.17. The number of nitrogens with zero attached hydrogens (tertiary/aromatic N) is 2. The zero-order chi connectivity index (χ0) is 17.9. The van der Waals surface area contributed by atoms with Gasteiger partial charge in [-0.3, -0.25) is 14.9 Å². The first-order valence-corrected chi connectivity index (χ1v) is 8.08. The summed E-state index contributed by atoms with van der Waals surface area (Å²) < 4.78 is 0. The smallest absolute Gasteiger partial charge is 0.329 e. The van der Waals surface area contributed by atoms with Crippen molar-refractivity contribution in [1.29, 1.82) is 0 Å². The largest absolute Gasteiger partial charge is 0.479 e. The van der Waals surface area contributed by atoms with E-state index in [1.165, 1.54) is 30.1 Å². The first kappa shape index (κ1) is 18.2. The van der Waals surface area contributed by atoms with Crippen LogP contribution in [0, 0.1) is 10.1 Å². The summed E-state index contributed by atoms with van der Waals surface area (Å²) in [4.78, 5) is 35.8. The molecule has 1 aliphatic carbocycles. The van der Waals surface area contributed by atoms with E-state index in [-0.39, 0.29) is 23.0 Å². The van der Waals surface area contributed by atoms with Crippen LogP contribution >= 0.6 is 11.6 Å². The Morgan fingerprint density at radius 2 is 1.96 bits per heavy atom. The van der Waals surface area contributed by atoms with Gasteiger partial charge in [-0.05, 0) is 18.4 Å². The van der Waals surface area contributed by atoms with E-state index in [2.05, 4.69) is 0 Å². The molecule has 0 saturated heterocycles. The van der Waals surface area contributed by atoms with Crippen molar-refractivity contribution in [1.82, 2.24) is 4.90 Å². The van der Waals surface area contributed by atoms with Crippen LogP contribution in [0.15, 0.2) is 18.2 Å². The third-order valence-corrected chi connectivity index (χ3v) is 5.04. The third kappa shape index (κ3) is 3.51. The number of carbonyl (C=O) groups excluding carboxylic acids is 1. The first-order valence-electron chi connectivity index (χ1n) is 7.71. The highest BCUT2D eigenvalue weighted by molar-refractivity contribution is 6.31. The van der Waals surface area contributed by atoms with Gasteiger partial charge in [0.15, 0.2) is 0 Å². The Balaban J connectivity index is 2.19. The Morgan fingerprint density at radius 3 is 2.46 bits per heavy atom. The molecule has 2 rings (SSSR count). The maximum Gasteiger partial charge on any atom is 0.329 e. The van der Waals surface area contributed by atoms with Crippen LogP contribution in [0.25, 0.3) is 0 Å². The number of nitro benzene ring substituents is 1. The van der Waals surface area contributed by atoms with Crippen molar-refractivity contribution < 1.29 is 19.6 Å². The van der Waals surface area contributed by atoms with Crippen LogP contribution in [0.1, 0.15) is 37.7 Å². The molecule has 0 unspecified atom stereocenters. The predicted octanol–water partition coefficient (Wildman–Crippen LogP) is 3.04. The van der Waals surface area contributed by atoms with Crippen molar-refractivity contribution in [2.24, 2.45) is 0 Å². The molecule has 0 radical (unpaired) electrons. The lowest BCUT2D eigenvalue weighted by molar-refractivity contribution is -0.384. The van der Waals surface area contributed by atoms with E-state index in [0.717, 1.165) is 19.3 Å². The van der Waals surface area contributed by atoms with E-state index in [9.17, 15) is 24.8 Å². The fraction of sp³-hybridized carbons (Fsp3) is 0.500. The number of amides is 1. The summed E-state index contributed by atoms with van der Waals surface area (Å²) in [7, 11) is 1.50. The minimum absolute atomic E-state index is 0.0949. The lowest BCUT2D eigenvalue weighted by atomic mass is 9.80. The van der Waals surface area contributed by atoms with Crippen LogP contribution < -0.4 is 0 Å². The van der Waals surface area contributed by atoms with Gasteiger partial charge < -0.3 is 10.0 Å². The molecule has 130 valence electrons. The number of carboxylic acids is 1. The standard InChI is InChI=1S/C16H19ClN2O5/c1-18(16(15(21)22)7-3-2-4-8-16)14(20)9-11-5-6-12(19(23)24)10-13(11)17/h5-6,10H,2-4,7-9H2,1H3,(H,21,22). The van der Waals surface area contributed by atoms with Gasteiger partial charge in [0.05, 0.1) is 16.4 Å². The van der Waals surface area contributed by atoms with E-state index in [0.29, 0.717) is 18.4 Å². The van der Waals surface area contributed by atoms with Crippen molar-refractivity contribution in [2.45, 2.75) is 44.1 Å². The molecule has 8 heteroatoms. The summed E-state index contributed by atoms with van der Waals surface area (Å²) in [6.07, 6.45) is 3.26. The Bertz CT molecular complexity index is 670. The van der Waals surface area contributed by atoms with Gasteiger partial charge in [0.25, 0.3) is 5.69 Å². The molecule has 1 fully saturated rings. The van der Waals surface area contributed by atoms with Crippen molar-refractivity contribution in [3.63, 3.8) is 0 Å². The van der Waals surface area contributed by atoms with E-state index in [4.69, 9.17) is 11.6 Å². The third-order valence-electron chi connectivity index (χ3n) is 4.68. The number of hydrogen-bond acceptors (Lipinski definition) is 4. The molecule has 1 N–H and O–H groups in total. The zero-order valence-corrected chi connectivity index (χ0v) is 14.1. The number of hydrogen-bond donors (Lipinski definition) is 1. The number of benzene rings is 1. The molecular weight excluding hydrogens is 336 g/mol. The van der Waals surface area contributed by atoms with Gasteiger partial charge in [-0.2, -0.15) is 0 Å². The van der Waals surface area contributed by atoms with Gasteiger partial charge in [0.1, 0.15) is 5.54 Å². The molecule has 1 aliphatic rings. The number of carbonyl (C=O) groups is 2. The normalized spacial score (nSPS) is 16.4. The predicted molar refractivity (Wildman–Crippen MR) is 88.0 cm³/mol. The number of likely N-dealkylation sites (N-methyl/N-ethyl adjacent to an activating group) is 1. The molecule has 0 bridgehead atoms. The molecule has 7 nitrogen and oxygen atoms in total. The molecule has 24 heavy (non-hydrogen) atoms. The van der Waals surface area contributed by atoms with Crippen molar-refractivity contribution in [3.05, 3.63) is 38.9 Å². The quantitative estimate of drug-likeness (QED) is 0.647. The number of halogens is 1. The van der Waals surface area contributed by atoms with Crippen LogP contribution in [0.3, 0.4) is 0 Å². The average Bonchev–Trinajstić information content (AvgIpc) is 2.56. The minimum atomic E-state index is -1.18. The van der Waals surface area contributed by atoms with Crippen LogP contribution in [0.4, 0.5) is 5.69 Å². The maximum absolute atomic E-state index is 12.6. The molecule has 0 aromatic heterocycles. The fourth-order valence-corrected chi connectivity index (χ4v) is 3.38. The van der Waals surface area contributed by atoms with Gasteiger partial charge in [0.2, 0.25) is 5.91 Å². The Hall–Kier alpha value is -2.15. The van der Waals surface area contributed by atoms with Gasteiger partial charge >= 0.3 is 5.97 Å². The van der Waals surface area contributed by atoms with Crippen molar-refractivity contribution in [2.75, 3.05) is 7.05 Å². The Labute approximate surface area is 144 Å². The molecule has 1 saturated carbocycles. The van der Waals surface area contributed by atoms with Crippen LogP contribution in [-0.4, -0.2) is 39.4 Å². The lowest BCUT2D eigenvalue weighted by Crippen LogP contribution is -2.56. The molecular formula is C16H19ClN2O5. The number of nitro groups is 1. The molecule has 0 atom stereocenters. The molecule has 0 aliphatic heterocycles. The van der Waals surface area contributed by atoms with E-state index < -0.39 is 16.4 Å². The van der Waals surface area contributed by atoms with E-state index in [1.807, 2.05) is 0 Å². The Kier molecular flexibility index (Phi) is 5.43. The second-order valence-corrected chi connectivity index (χ2v) is 6.47. The molecule has 0 spiro atoms. The van der Waals surface area contributed by atoms with Crippen LogP contribution in [-0.2, 0) is 16.0 Å². The highest BCUT2D eigenvalue weighted by Crippen LogP contribution is 2.34. The summed E-state index contributed by atoms with van der Waals surface area (Å²) in [5.74, 6) is -1.36. The topological polar surface area (TPSA) is 101 Å². The van der Waals surface area contributed by atoms with Crippen LogP contribution in [0.5, 0.6) is 0 Å². The average molecular weight is 355 g/mol. The summed E-state index contributed by atoms with van der Waals surface area (Å²) in [5.41, 5.74) is -0.892. The summed E-state index contributed by atoms with van der Waals surface area (Å²) in [5, 5.41) is 20.5. The number of rotatable bonds is 5. The number of carboxylic acid groups (broad SMARTS) is 1. The van der Waals surface area contributed by atoms with Gasteiger partial charge in [-0.15, -0.1) is 0 Å². The van der Waals surface area contributed by atoms with E-state index in [1.54, 1.807) is 0 Å². The summed E-state index contributed by atoms with van der Waals surface area (Å²) in [6, 6.07) is 3.90. The lowest BCUT2D eigenvalue weighted by Gasteiger charge is -2.41. The molecule has 1 aromatic rings. The van der Waals surface area contributed by atoms with Crippen molar-refractivity contribution >= 4 is 29.2 Å². The summed E-state index contributed by atoms with van der Waals surface area (Å²) in [6.45, 7) is 0. The SMILES string of the molecule is CN(C(=O)Cc1ccc([N+](=O)[O-])cc1Cl)C1(C(=O)O)CCCCC1. The maximum atomic E-state index is 12.6. The monoisotopic (exact) mass is 354 g/mol. The molecule has 1 aromatic carbocycles. The van der Waals surface area contributed by atoms with Gasteiger partial charge in [-0.1, -0.05) is 36.9 Å². The number of aliphatic carboxylic acids is 1. The molecule has 0 heterocycles. The Morgan fingerprint density at radius 1 is 1.33 bits per heavy atom. The zero-order valence-electron chi connectivity index (χ0n) is 13.3. The fourth-order valence-electron chi connectivity index (χ4n) is 3.14. The minimum Gasteiger partial charge on any atom is -0.479 e. The summed E-state index contributed by atoms with van der Waals surface area (Å²) >= 11 is 6.01. The van der Waals surface area contributed by atoms with Gasteiger partial charge in [0, 0.05) is 19.2 Å². The van der Waals surface area contributed by atoms with E-state index >= 15 is 0 Å². The highest BCUT2D eigenvalue weighted by Gasteiger charge is 2.45. The van der Waals surface area contributed by atoms with Gasteiger partial charge in [-0.25, -0.2) is 4.79 Å². The molecule has 1 amide bonds. The van der Waals surface area contributed by atoms with Crippen molar-refractivity contribution in [3.8, 4) is 0 Å². The first-order chi connectivity index (χ1) is 11.3.